The van der Waals surface area contributed by atoms with Crippen LogP contribution >= 0.6 is 0 Å². The van der Waals surface area contributed by atoms with E-state index in [9.17, 15) is 32.3 Å². The van der Waals surface area contributed by atoms with E-state index < -0.39 is 29.6 Å². The Labute approximate surface area is 317 Å². The molecule has 1 fully saturated rings. The molecular weight excluding hydrogens is 735 g/mol. The van der Waals surface area contributed by atoms with Crippen LogP contribution in [0.3, 0.4) is 0 Å². The Morgan fingerprint density at radius 2 is 1.50 bits per heavy atom. The number of halogens is 3. The molecule has 288 valence electrons. The summed E-state index contributed by atoms with van der Waals surface area (Å²) in [6, 6.07) is 20.9. The van der Waals surface area contributed by atoms with Crippen molar-refractivity contribution in [2.45, 2.75) is 12.7 Å². The van der Waals surface area contributed by atoms with Crippen LogP contribution in [0.15, 0.2) is 97.3 Å². The highest BCUT2D eigenvalue weighted by atomic mass is 19.4. The number of aromatic nitrogens is 3. The minimum absolute atomic E-state index is 0.0274. The number of benzene rings is 3. The number of hydrogen-bond acceptors (Lipinski definition) is 9. The lowest BCUT2D eigenvalue weighted by molar-refractivity contribution is -0.137. The maximum Gasteiger partial charge on any atom is 0.416 e. The number of ether oxygens (including phenoxy) is 1. The Bertz CT molecular complexity index is 2280. The van der Waals surface area contributed by atoms with Crippen LogP contribution in [0, 0.1) is 11.3 Å². The maximum absolute atomic E-state index is 13.5. The first-order valence-electron chi connectivity index (χ1n) is 16.8. The van der Waals surface area contributed by atoms with Crippen LogP contribution in [-0.4, -0.2) is 91.5 Å². The monoisotopic (exact) mass is 769 g/mol. The van der Waals surface area contributed by atoms with E-state index >= 15 is 0 Å². The molecule has 3 heterocycles. The molecule has 2 amide bonds. The van der Waals surface area contributed by atoms with Gasteiger partial charge in [0.1, 0.15) is 11.4 Å². The van der Waals surface area contributed by atoms with Gasteiger partial charge in [-0.05, 0) is 66.2 Å². The zero-order valence-electron chi connectivity index (χ0n) is 30.0. The topological polar surface area (TPSA) is 182 Å². The standard InChI is InChI=1S/C35H30F3N7O3.C4H4O4/c1-42(32(46)25-7-9-27(10-8-25)35(36,37)38)28-20-40-34(41-21-28)48-29-11-12-30-26(17-29)18-31(43(30)2)33(47)45-15-13-44(14-16-45)22-24-5-3-23(19-39)4-6-24;5-3(6)1-2-4(7)8/h3-12,17-18,20-21H,13-16,22H2,1-2H3;1-2H,(H,5,6)(H,7,8)/b;2-1-. The maximum atomic E-state index is 13.5. The van der Waals surface area contributed by atoms with Gasteiger partial charge in [0, 0.05) is 75.4 Å². The molecular formula is C39H34F3N7O7. The number of carbonyl (C=O) groups is 4. The van der Waals surface area contributed by atoms with Crippen molar-refractivity contribution < 1.29 is 47.3 Å². The fraction of sp³-hybridized carbons (Fsp3) is 0.205. The van der Waals surface area contributed by atoms with Crippen molar-refractivity contribution in [2.75, 3.05) is 38.1 Å². The zero-order chi connectivity index (χ0) is 40.6. The number of piperazine rings is 1. The molecule has 0 aliphatic carbocycles. The number of aliphatic carboxylic acids is 2. The molecule has 2 aromatic heterocycles. The number of aryl methyl sites for hydroxylation is 1. The van der Waals surface area contributed by atoms with Crippen molar-refractivity contribution in [1.82, 2.24) is 24.3 Å². The Morgan fingerprint density at radius 1 is 0.893 bits per heavy atom. The van der Waals surface area contributed by atoms with Crippen molar-refractivity contribution >= 4 is 40.3 Å². The largest absolute Gasteiger partial charge is 0.478 e. The summed E-state index contributed by atoms with van der Waals surface area (Å²) in [5, 5.41) is 25.4. The lowest BCUT2D eigenvalue weighted by Crippen LogP contribution is -2.48. The molecule has 0 unspecified atom stereocenters. The quantitative estimate of drug-likeness (QED) is 0.178. The number of carboxylic acids is 2. The molecule has 0 radical (unpaired) electrons. The second kappa shape index (κ2) is 17.4. The van der Waals surface area contributed by atoms with Crippen LogP contribution in [0.5, 0.6) is 11.8 Å². The van der Waals surface area contributed by atoms with E-state index in [1.807, 2.05) is 52.9 Å². The molecule has 0 atom stereocenters. The summed E-state index contributed by atoms with van der Waals surface area (Å²) in [6.07, 6.45) is -0.614. The van der Waals surface area contributed by atoms with E-state index in [1.165, 1.54) is 24.3 Å². The molecule has 2 N–H and O–H groups in total. The van der Waals surface area contributed by atoms with Gasteiger partial charge in [-0.25, -0.2) is 19.6 Å². The van der Waals surface area contributed by atoms with Crippen molar-refractivity contribution in [3.05, 3.63) is 125 Å². The fourth-order valence-corrected chi connectivity index (χ4v) is 5.71. The van der Waals surface area contributed by atoms with E-state index in [1.54, 1.807) is 12.1 Å². The lowest BCUT2D eigenvalue weighted by Gasteiger charge is -2.34. The summed E-state index contributed by atoms with van der Waals surface area (Å²) >= 11 is 0. The van der Waals surface area contributed by atoms with Gasteiger partial charge < -0.3 is 29.3 Å². The number of alkyl halides is 3. The minimum Gasteiger partial charge on any atom is -0.478 e. The van der Waals surface area contributed by atoms with Crippen molar-refractivity contribution in [3.8, 4) is 17.8 Å². The van der Waals surface area contributed by atoms with Gasteiger partial charge in [0.15, 0.2) is 0 Å². The van der Waals surface area contributed by atoms with Crippen LogP contribution in [-0.2, 0) is 29.4 Å². The normalized spacial score (nSPS) is 13.1. The molecule has 0 spiro atoms. The van der Waals surface area contributed by atoms with E-state index in [-0.39, 0.29) is 17.5 Å². The van der Waals surface area contributed by atoms with E-state index in [0.29, 0.717) is 47.9 Å². The first-order chi connectivity index (χ1) is 26.6. The van der Waals surface area contributed by atoms with Gasteiger partial charge in [-0.1, -0.05) is 12.1 Å². The Kier molecular flexibility index (Phi) is 12.5. The minimum atomic E-state index is -4.49. The van der Waals surface area contributed by atoms with Gasteiger partial charge in [0.25, 0.3) is 11.8 Å². The summed E-state index contributed by atoms with van der Waals surface area (Å²) in [4.78, 5) is 59.2. The summed E-state index contributed by atoms with van der Waals surface area (Å²) < 4.78 is 46.3. The van der Waals surface area contributed by atoms with E-state index in [0.717, 1.165) is 60.4 Å². The smallest absolute Gasteiger partial charge is 0.416 e. The summed E-state index contributed by atoms with van der Waals surface area (Å²) in [7, 11) is 3.32. The van der Waals surface area contributed by atoms with E-state index in [4.69, 9.17) is 20.2 Å². The lowest BCUT2D eigenvalue weighted by atomic mass is 10.1. The van der Waals surface area contributed by atoms with Gasteiger partial charge >= 0.3 is 24.1 Å². The van der Waals surface area contributed by atoms with Crippen molar-refractivity contribution in [3.63, 3.8) is 0 Å². The average molecular weight is 770 g/mol. The molecule has 56 heavy (non-hydrogen) atoms. The average Bonchev–Trinajstić information content (AvgIpc) is 3.52. The third kappa shape index (κ3) is 10.1. The highest BCUT2D eigenvalue weighted by Gasteiger charge is 2.30. The molecule has 1 aliphatic heterocycles. The zero-order valence-corrected chi connectivity index (χ0v) is 30.0. The molecule has 3 aromatic carbocycles. The van der Waals surface area contributed by atoms with Gasteiger partial charge in [0.05, 0.1) is 35.3 Å². The summed E-state index contributed by atoms with van der Waals surface area (Å²) in [6.45, 7) is 3.44. The second-order valence-electron chi connectivity index (χ2n) is 12.5. The number of amides is 2. The molecule has 6 rings (SSSR count). The van der Waals surface area contributed by atoms with Gasteiger partial charge in [-0.15, -0.1) is 0 Å². The highest BCUT2D eigenvalue weighted by molar-refractivity contribution is 6.05. The third-order valence-electron chi connectivity index (χ3n) is 8.73. The number of carboxylic acid groups (broad SMARTS) is 2. The van der Waals surface area contributed by atoms with E-state index in [2.05, 4.69) is 20.9 Å². The van der Waals surface area contributed by atoms with Gasteiger partial charge in [-0.2, -0.15) is 18.4 Å². The van der Waals surface area contributed by atoms with Gasteiger partial charge in [-0.3, -0.25) is 14.5 Å². The molecule has 1 saturated heterocycles. The van der Waals surface area contributed by atoms with Crippen LogP contribution in [0.4, 0.5) is 18.9 Å². The molecule has 17 heteroatoms. The van der Waals surface area contributed by atoms with Crippen LogP contribution < -0.4 is 9.64 Å². The number of hydrogen-bond donors (Lipinski definition) is 2. The SMILES string of the molecule is CN(C(=O)c1ccc(C(F)(F)F)cc1)c1cnc(Oc2ccc3c(c2)cc(C(=O)N2CCN(Cc4ccc(C#N)cc4)CC2)n3C)nc1.O=C(O)/C=C\C(=O)O. The van der Waals surface area contributed by atoms with Gasteiger partial charge in [0.2, 0.25) is 0 Å². The molecule has 5 aromatic rings. The molecule has 14 nitrogen and oxygen atoms in total. The fourth-order valence-electron chi connectivity index (χ4n) is 5.71. The number of fused-ring (bicyclic) bond motifs is 1. The van der Waals surface area contributed by atoms with Crippen LogP contribution in [0.25, 0.3) is 10.9 Å². The first-order valence-corrected chi connectivity index (χ1v) is 16.8. The number of nitrogens with zero attached hydrogens (tertiary/aromatic N) is 7. The summed E-state index contributed by atoms with van der Waals surface area (Å²) in [5.41, 5.74) is 2.74. The number of anilines is 1. The molecule has 0 saturated carbocycles. The van der Waals surface area contributed by atoms with Crippen molar-refractivity contribution in [2.24, 2.45) is 7.05 Å². The number of rotatable bonds is 9. The molecule has 1 aliphatic rings. The Balaban J connectivity index is 0.000000677. The first kappa shape index (κ1) is 40.1. The second-order valence-corrected chi connectivity index (χ2v) is 12.5. The van der Waals surface area contributed by atoms with Crippen molar-refractivity contribution in [1.29, 1.82) is 5.26 Å². The summed E-state index contributed by atoms with van der Waals surface area (Å²) in [5.74, 6) is -2.64. The Morgan fingerprint density at radius 3 is 2.05 bits per heavy atom. The predicted molar refractivity (Wildman–Crippen MR) is 196 cm³/mol. The predicted octanol–water partition coefficient (Wildman–Crippen LogP) is 5.60. The van der Waals surface area contributed by atoms with Crippen LogP contribution in [0.2, 0.25) is 0 Å². The number of carbonyl (C=O) groups excluding carboxylic acids is 2. The number of nitriles is 1. The third-order valence-corrected chi connectivity index (χ3v) is 8.73. The Hall–Kier alpha value is -7.06. The van der Waals surface area contributed by atoms with Crippen LogP contribution in [0.1, 0.15) is 37.5 Å². The molecule has 0 bridgehead atoms. The highest BCUT2D eigenvalue weighted by Crippen LogP contribution is 2.30.